The summed E-state index contributed by atoms with van der Waals surface area (Å²) in [4.78, 5) is 17.3. The lowest BCUT2D eigenvalue weighted by Gasteiger charge is -2.01. The van der Waals surface area contributed by atoms with Crippen LogP contribution in [-0.4, -0.2) is 21.1 Å². The Morgan fingerprint density at radius 3 is 2.78 bits per heavy atom. The molecule has 0 aliphatic carbocycles. The molecule has 0 atom stereocenters. The maximum atomic E-state index is 12.9. The van der Waals surface area contributed by atoms with Crippen molar-refractivity contribution in [3.8, 4) is 0 Å². The Morgan fingerprint density at radius 2 is 2.09 bits per heavy atom. The molecule has 0 saturated carbocycles. The molecule has 2 heterocycles. The van der Waals surface area contributed by atoms with Crippen molar-refractivity contribution in [2.24, 2.45) is 0 Å². The minimum Gasteiger partial charge on any atom is -0.346 e. The molecule has 0 radical (unpaired) electrons. The third-order valence-electron chi connectivity index (χ3n) is 3.31. The molecule has 5 nitrogen and oxygen atoms in total. The first-order valence-corrected chi connectivity index (χ1v) is 7.90. The molecular weight excluding hydrogens is 315 g/mol. The van der Waals surface area contributed by atoms with Crippen LogP contribution >= 0.6 is 11.3 Å². The van der Waals surface area contributed by atoms with Gasteiger partial charge in [-0.05, 0) is 30.7 Å². The van der Waals surface area contributed by atoms with Gasteiger partial charge in [0, 0.05) is 12.6 Å². The molecule has 0 bridgehead atoms. The molecule has 0 spiro atoms. The van der Waals surface area contributed by atoms with E-state index >= 15 is 0 Å². The fourth-order valence-corrected chi connectivity index (χ4v) is 3.17. The van der Waals surface area contributed by atoms with Crippen molar-refractivity contribution in [2.45, 2.75) is 19.9 Å². The van der Waals surface area contributed by atoms with Gasteiger partial charge in [0.2, 0.25) is 0 Å². The number of hydrogen-bond acceptors (Lipinski definition) is 4. The third kappa shape index (κ3) is 3.81. The number of carbonyl (C=O) groups excluding carboxylic acids is 1. The maximum absolute atomic E-state index is 12.9. The largest absolute Gasteiger partial charge is 0.346 e. The topological polar surface area (TPSA) is 70.7 Å². The third-order valence-corrected chi connectivity index (χ3v) is 4.47. The van der Waals surface area contributed by atoms with Gasteiger partial charge in [-0.1, -0.05) is 12.1 Å². The SMILES string of the molecule is Cc1nc(Cc2ccc(F)cc2)sc1C(=O)NCc1ccn[nH]1. The molecule has 0 unspecified atom stereocenters. The van der Waals surface area contributed by atoms with Crippen molar-refractivity contribution in [3.05, 3.63) is 69.2 Å². The standard InChI is InChI=1S/C16H15FN4OS/c1-10-15(16(22)18-9-13-6-7-19-21-13)23-14(20-10)8-11-2-4-12(17)5-3-11/h2-7H,8-9H2,1H3,(H,18,22)(H,19,21). The van der Waals surface area contributed by atoms with Crippen molar-refractivity contribution in [2.75, 3.05) is 0 Å². The van der Waals surface area contributed by atoms with Gasteiger partial charge in [-0.3, -0.25) is 9.89 Å². The average Bonchev–Trinajstić information content (AvgIpc) is 3.17. The Morgan fingerprint density at radius 1 is 1.30 bits per heavy atom. The van der Waals surface area contributed by atoms with Crippen LogP contribution in [0.2, 0.25) is 0 Å². The predicted octanol–water partition coefficient (Wildman–Crippen LogP) is 2.83. The number of H-pyrrole nitrogens is 1. The monoisotopic (exact) mass is 330 g/mol. The number of nitrogens with zero attached hydrogens (tertiary/aromatic N) is 2. The number of nitrogens with one attached hydrogen (secondary N) is 2. The molecule has 0 saturated heterocycles. The van der Waals surface area contributed by atoms with Crippen molar-refractivity contribution in [1.82, 2.24) is 20.5 Å². The smallest absolute Gasteiger partial charge is 0.263 e. The van der Waals surface area contributed by atoms with Crippen LogP contribution in [0.4, 0.5) is 4.39 Å². The van der Waals surface area contributed by atoms with Gasteiger partial charge >= 0.3 is 0 Å². The van der Waals surface area contributed by atoms with Crippen LogP contribution in [0.3, 0.4) is 0 Å². The molecule has 0 aliphatic heterocycles. The first-order chi connectivity index (χ1) is 11.1. The van der Waals surface area contributed by atoms with Crippen LogP contribution < -0.4 is 5.32 Å². The van der Waals surface area contributed by atoms with E-state index in [9.17, 15) is 9.18 Å². The van der Waals surface area contributed by atoms with Gasteiger partial charge in [0.15, 0.2) is 0 Å². The Hall–Kier alpha value is -2.54. The van der Waals surface area contributed by atoms with Crippen LogP contribution in [0.5, 0.6) is 0 Å². The summed E-state index contributed by atoms with van der Waals surface area (Å²) in [5.41, 5.74) is 2.51. The van der Waals surface area contributed by atoms with Crippen molar-refractivity contribution in [1.29, 1.82) is 0 Å². The van der Waals surface area contributed by atoms with Crippen molar-refractivity contribution < 1.29 is 9.18 Å². The summed E-state index contributed by atoms with van der Waals surface area (Å²) in [6.45, 7) is 2.21. The maximum Gasteiger partial charge on any atom is 0.263 e. The quantitative estimate of drug-likeness (QED) is 0.756. The zero-order valence-electron chi connectivity index (χ0n) is 12.5. The first-order valence-electron chi connectivity index (χ1n) is 7.09. The van der Waals surface area contributed by atoms with Crippen LogP contribution in [-0.2, 0) is 13.0 Å². The number of amides is 1. The van der Waals surface area contributed by atoms with Gasteiger partial charge in [0.1, 0.15) is 10.7 Å². The molecule has 7 heteroatoms. The van der Waals surface area contributed by atoms with E-state index in [0.717, 1.165) is 16.3 Å². The molecule has 2 N–H and O–H groups in total. The second kappa shape index (κ2) is 6.70. The van der Waals surface area contributed by atoms with E-state index in [-0.39, 0.29) is 11.7 Å². The fraction of sp³-hybridized carbons (Fsp3) is 0.188. The highest BCUT2D eigenvalue weighted by molar-refractivity contribution is 7.13. The molecule has 0 fully saturated rings. The molecule has 0 aliphatic rings. The number of thiazole rings is 1. The summed E-state index contributed by atoms with van der Waals surface area (Å²) in [5.74, 6) is -0.414. The van der Waals surface area contributed by atoms with Gasteiger partial charge in [-0.15, -0.1) is 11.3 Å². The Bertz CT molecular complexity index is 796. The highest BCUT2D eigenvalue weighted by Crippen LogP contribution is 2.21. The molecule has 3 rings (SSSR count). The number of carbonyl (C=O) groups is 1. The van der Waals surface area contributed by atoms with Gasteiger partial charge < -0.3 is 5.32 Å². The Kier molecular flexibility index (Phi) is 4.47. The van der Waals surface area contributed by atoms with E-state index < -0.39 is 0 Å². The second-order valence-corrected chi connectivity index (χ2v) is 6.17. The van der Waals surface area contributed by atoms with Gasteiger partial charge in [-0.2, -0.15) is 5.10 Å². The van der Waals surface area contributed by atoms with E-state index in [1.807, 2.05) is 6.92 Å². The van der Waals surface area contributed by atoms with Crippen LogP contribution in [0, 0.1) is 12.7 Å². The number of aryl methyl sites for hydroxylation is 1. The molecule has 1 amide bonds. The fourth-order valence-electron chi connectivity index (χ4n) is 2.15. The summed E-state index contributed by atoms with van der Waals surface area (Å²) in [5, 5.41) is 10.3. The predicted molar refractivity (Wildman–Crippen MR) is 85.8 cm³/mol. The van der Waals surface area contributed by atoms with Crippen LogP contribution in [0.25, 0.3) is 0 Å². The number of halogens is 1. The molecule has 23 heavy (non-hydrogen) atoms. The molecule has 2 aromatic heterocycles. The van der Waals surface area contributed by atoms with E-state index in [0.29, 0.717) is 23.5 Å². The zero-order chi connectivity index (χ0) is 16.2. The number of benzene rings is 1. The summed E-state index contributed by atoms with van der Waals surface area (Å²) in [7, 11) is 0. The summed E-state index contributed by atoms with van der Waals surface area (Å²) in [6.07, 6.45) is 2.22. The number of rotatable bonds is 5. The Labute approximate surface area is 136 Å². The average molecular weight is 330 g/mol. The van der Waals surface area contributed by atoms with E-state index in [2.05, 4.69) is 20.5 Å². The summed E-state index contributed by atoms with van der Waals surface area (Å²) < 4.78 is 12.9. The molecular formula is C16H15FN4OS. The highest BCUT2D eigenvalue weighted by Gasteiger charge is 2.15. The number of aromatic nitrogens is 3. The zero-order valence-corrected chi connectivity index (χ0v) is 13.3. The molecule has 1 aromatic carbocycles. The minimum atomic E-state index is -0.261. The second-order valence-electron chi connectivity index (χ2n) is 5.09. The number of aromatic amines is 1. The lowest BCUT2D eigenvalue weighted by atomic mass is 10.1. The lowest BCUT2D eigenvalue weighted by molar-refractivity contribution is 0.0953. The van der Waals surface area contributed by atoms with E-state index in [1.165, 1.54) is 23.5 Å². The lowest BCUT2D eigenvalue weighted by Crippen LogP contribution is -2.22. The minimum absolute atomic E-state index is 0.153. The summed E-state index contributed by atoms with van der Waals surface area (Å²) >= 11 is 1.36. The van der Waals surface area contributed by atoms with Gasteiger partial charge in [0.05, 0.1) is 22.9 Å². The summed E-state index contributed by atoms with van der Waals surface area (Å²) in [6, 6.07) is 8.11. The Balaban J connectivity index is 1.67. The highest BCUT2D eigenvalue weighted by atomic mass is 32.1. The van der Waals surface area contributed by atoms with Crippen LogP contribution in [0.15, 0.2) is 36.5 Å². The van der Waals surface area contributed by atoms with E-state index in [1.54, 1.807) is 24.4 Å². The van der Waals surface area contributed by atoms with Crippen molar-refractivity contribution >= 4 is 17.2 Å². The normalized spacial score (nSPS) is 10.7. The van der Waals surface area contributed by atoms with Gasteiger partial charge in [0.25, 0.3) is 5.91 Å². The van der Waals surface area contributed by atoms with Gasteiger partial charge in [-0.25, -0.2) is 9.37 Å². The molecule has 118 valence electrons. The number of hydrogen-bond donors (Lipinski definition) is 2. The van der Waals surface area contributed by atoms with Crippen LogP contribution in [0.1, 0.15) is 31.6 Å². The molecule has 3 aromatic rings. The van der Waals surface area contributed by atoms with E-state index in [4.69, 9.17) is 0 Å². The first kappa shape index (κ1) is 15.4. The van der Waals surface area contributed by atoms with Crippen molar-refractivity contribution in [3.63, 3.8) is 0 Å².